The average molecular weight is 278 g/mol. The normalized spacial score (nSPS) is 10.2. The van der Waals surface area contributed by atoms with Crippen LogP contribution in [0.15, 0.2) is 24.4 Å². The number of amides is 3. The van der Waals surface area contributed by atoms with E-state index in [0.29, 0.717) is 5.56 Å². The minimum absolute atomic E-state index is 0.101. The number of nitrogens with zero attached hydrogens (tertiary/aromatic N) is 1. The minimum atomic E-state index is -1.12. The fraction of sp³-hybridized carbons (Fsp3) is 0.167. The van der Waals surface area contributed by atoms with Crippen LogP contribution in [0.25, 0.3) is 6.08 Å². The molecule has 1 aromatic heterocycles. The summed E-state index contributed by atoms with van der Waals surface area (Å²) in [5, 5.41) is 13.4. The summed E-state index contributed by atoms with van der Waals surface area (Å²) in [5.74, 6) is -1.59. The van der Waals surface area contributed by atoms with Gasteiger partial charge in [0.25, 0.3) is 5.91 Å². The van der Waals surface area contributed by atoms with Gasteiger partial charge in [-0.2, -0.15) is 0 Å². The third kappa shape index (κ3) is 5.17. The van der Waals surface area contributed by atoms with Crippen LogP contribution in [0, 0.1) is 0 Å². The van der Waals surface area contributed by atoms with Gasteiger partial charge in [-0.25, -0.2) is 9.59 Å². The van der Waals surface area contributed by atoms with Crippen LogP contribution in [-0.2, 0) is 4.79 Å². The summed E-state index contributed by atoms with van der Waals surface area (Å²) >= 11 is 0. The molecule has 5 N–H and O–H groups in total. The van der Waals surface area contributed by atoms with Gasteiger partial charge in [0.05, 0.1) is 0 Å². The Morgan fingerprint density at radius 3 is 2.65 bits per heavy atom. The monoisotopic (exact) mass is 278 g/mol. The number of carbonyl (C=O) groups is 3. The third-order valence-electron chi connectivity index (χ3n) is 2.17. The van der Waals surface area contributed by atoms with Gasteiger partial charge in [-0.3, -0.25) is 9.78 Å². The van der Waals surface area contributed by atoms with Crippen LogP contribution in [0.3, 0.4) is 0 Å². The van der Waals surface area contributed by atoms with Crippen molar-refractivity contribution in [2.24, 2.45) is 5.73 Å². The smallest absolute Gasteiger partial charge is 0.328 e. The fourth-order valence-corrected chi connectivity index (χ4v) is 1.35. The van der Waals surface area contributed by atoms with Gasteiger partial charge >= 0.3 is 12.0 Å². The van der Waals surface area contributed by atoms with Crippen molar-refractivity contribution in [2.75, 3.05) is 13.1 Å². The van der Waals surface area contributed by atoms with Crippen molar-refractivity contribution in [1.82, 2.24) is 15.6 Å². The lowest BCUT2D eigenvalue weighted by Crippen LogP contribution is -2.37. The van der Waals surface area contributed by atoms with E-state index in [1.54, 1.807) is 12.1 Å². The van der Waals surface area contributed by atoms with Crippen molar-refractivity contribution in [2.45, 2.75) is 0 Å². The van der Waals surface area contributed by atoms with Gasteiger partial charge in [0.15, 0.2) is 0 Å². The molecule has 20 heavy (non-hydrogen) atoms. The minimum Gasteiger partial charge on any atom is -0.478 e. The molecule has 106 valence electrons. The summed E-state index contributed by atoms with van der Waals surface area (Å²) in [6.07, 6.45) is 3.63. The second-order valence-electron chi connectivity index (χ2n) is 3.66. The van der Waals surface area contributed by atoms with Crippen molar-refractivity contribution < 1.29 is 19.5 Å². The molecule has 0 bridgehead atoms. The van der Waals surface area contributed by atoms with E-state index in [1.807, 2.05) is 0 Å². The number of pyridine rings is 1. The Morgan fingerprint density at radius 1 is 1.30 bits per heavy atom. The van der Waals surface area contributed by atoms with Gasteiger partial charge in [-0.05, 0) is 12.1 Å². The second-order valence-corrected chi connectivity index (χ2v) is 3.66. The Hall–Kier alpha value is -2.90. The number of carboxylic acid groups (broad SMARTS) is 1. The molecule has 8 heteroatoms. The molecule has 0 aliphatic heterocycles. The Balaban J connectivity index is 2.68. The highest BCUT2D eigenvalue weighted by Gasteiger charge is 2.10. The molecule has 0 saturated heterocycles. The quantitative estimate of drug-likeness (QED) is 0.414. The number of nitrogens with two attached hydrogens (primary N) is 1. The standard InChI is InChI=1S/C12H14N4O4/c13-12(20)16-7-6-15-11(19)10-8(2-1-5-14-10)3-4-9(17)18/h1-5H,6-7H2,(H,15,19)(H,17,18)(H3,13,16,20)/b4-3+. The first-order valence-corrected chi connectivity index (χ1v) is 5.68. The van der Waals surface area contributed by atoms with E-state index in [2.05, 4.69) is 15.6 Å². The lowest BCUT2D eigenvalue weighted by atomic mass is 10.1. The first-order valence-electron chi connectivity index (χ1n) is 5.68. The third-order valence-corrected chi connectivity index (χ3v) is 2.17. The zero-order chi connectivity index (χ0) is 15.0. The molecule has 0 saturated carbocycles. The van der Waals surface area contributed by atoms with Gasteiger partial charge in [-0.1, -0.05) is 6.07 Å². The molecule has 1 heterocycles. The maximum Gasteiger partial charge on any atom is 0.328 e. The molecule has 0 fully saturated rings. The maximum atomic E-state index is 11.9. The molecule has 0 aliphatic rings. The molecule has 0 radical (unpaired) electrons. The van der Waals surface area contributed by atoms with Gasteiger partial charge in [0, 0.05) is 30.9 Å². The van der Waals surface area contributed by atoms with E-state index >= 15 is 0 Å². The summed E-state index contributed by atoms with van der Waals surface area (Å²) in [6.45, 7) is 0.370. The van der Waals surface area contributed by atoms with Crippen LogP contribution in [0.5, 0.6) is 0 Å². The molecular formula is C12H14N4O4. The van der Waals surface area contributed by atoms with Crippen LogP contribution in [0.1, 0.15) is 16.1 Å². The summed E-state index contributed by atoms with van der Waals surface area (Å²) in [7, 11) is 0. The summed E-state index contributed by atoms with van der Waals surface area (Å²) < 4.78 is 0. The SMILES string of the molecule is NC(=O)NCCNC(=O)c1ncccc1/C=C/C(=O)O. The van der Waals surface area contributed by atoms with Crippen LogP contribution >= 0.6 is 0 Å². The number of carboxylic acids is 1. The topological polar surface area (TPSA) is 134 Å². The number of nitrogens with one attached hydrogen (secondary N) is 2. The highest BCUT2D eigenvalue weighted by molar-refractivity contribution is 5.97. The van der Waals surface area contributed by atoms with Gasteiger partial charge in [-0.15, -0.1) is 0 Å². The van der Waals surface area contributed by atoms with Crippen LogP contribution in [0.2, 0.25) is 0 Å². The molecule has 0 aromatic carbocycles. The maximum absolute atomic E-state index is 11.9. The zero-order valence-electron chi connectivity index (χ0n) is 10.5. The van der Waals surface area contributed by atoms with Crippen molar-refractivity contribution in [3.8, 4) is 0 Å². The number of primary amides is 1. The largest absolute Gasteiger partial charge is 0.478 e. The fourth-order valence-electron chi connectivity index (χ4n) is 1.35. The van der Waals surface area contributed by atoms with Crippen LogP contribution in [0.4, 0.5) is 4.79 Å². The molecule has 0 spiro atoms. The van der Waals surface area contributed by atoms with Crippen LogP contribution < -0.4 is 16.4 Å². The number of hydrogen-bond acceptors (Lipinski definition) is 4. The first kappa shape index (κ1) is 15.2. The van der Waals surface area contributed by atoms with Gasteiger partial charge in [0.2, 0.25) is 0 Å². The summed E-state index contributed by atoms with van der Waals surface area (Å²) in [5.41, 5.74) is 5.36. The van der Waals surface area contributed by atoms with E-state index in [0.717, 1.165) is 6.08 Å². The lowest BCUT2D eigenvalue weighted by molar-refractivity contribution is -0.131. The van der Waals surface area contributed by atoms with E-state index in [9.17, 15) is 14.4 Å². The van der Waals surface area contributed by atoms with E-state index in [4.69, 9.17) is 10.8 Å². The first-order chi connectivity index (χ1) is 9.50. The molecule has 0 aliphatic carbocycles. The second kappa shape index (κ2) is 7.52. The summed E-state index contributed by atoms with van der Waals surface area (Å²) in [6, 6.07) is 2.48. The Labute approximate surface area is 114 Å². The molecular weight excluding hydrogens is 264 g/mol. The number of aliphatic carboxylic acids is 1. The average Bonchev–Trinajstić information content (AvgIpc) is 2.41. The highest BCUT2D eigenvalue weighted by Crippen LogP contribution is 2.07. The van der Waals surface area contributed by atoms with Crippen molar-refractivity contribution >= 4 is 24.0 Å². The number of hydrogen-bond donors (Lipinski definition) is 4. The zero-order valence-corrected chi connectivity index (χ0v) is 10.5. The molecule has 8 nitrogen and oxygen atoms in total. The molecule has 0 unspecified atom stereocenters. The Bertz CT molecular complexity index is 542. The summed E-state index contributed by atoms with van der Waals surface area (Å²) in [4.78, 5) is 36.7. The highest BCUT2D eigenvalue weighted by atomic mass is 16.4. The predicted molar refractivity (Wildman–Crippen MR) is 70.8 cm³/mol. The number of carbonyl (C=O) groups excluding carboxylic acids is 2. The van der Waals surface area contributed by atoms with Gasteiger partial charge < -0.3 is 21.5 Å². The van der Waals surface area contributed by atoms with Crippen LogP contribution in [-0.4, -0.2) is 41.1 Å². The Morgan fingerprint density at radius 2 is 2.00 bits per heavy atom. The predicted octanol–water partition coefficient (Wildman–Crippen LogP) is -0.422. The van der Waals surface area contributed by atoms with E-state index < -0.39 is 17.9 Å². The number of rotatable bonds is 6. The number of urea groups is 1. The molecule has 1 rings (SSSR count). The molecule has 3 amide bonds. The van der Waals surface area contributed by atoms with E-state index in [-0.39, 0.29) is 18.8 Å². The van der Waals surface area contributed by atoms with Crippen molar-refractivity contribution in [1.29, 1.82) is 0 Å². The Kier molecular flexibility index (Phi) is 5.70. The van der Waals surface area contributed by atoms with Crippen molar-refractivity contribution in [3.63, 3.8) is 0 Å². The molecule has 0 atom stereocenters. The van der Waals surface area contributed by atoms with Crippen molar-refractivity contribution in [3.05, 3.63) is 35.7 Å². The number of aromatic nitrogens is 1. The molecule has 1 aromatic rings. The van der Waals surface area contributed by atoms with E-state index in [1.165, 1.54) is 12.3 Å². The van der Waals surface area contributed by atoms with Gasteiger partial charge in [0.1, 0.15) is 5.69 Å². The lowest BCUT2D eigenvalue weighted by Gasteiger charge is -2.07.